The second-order valence-electron chi connectivity index (χ2n) is 8.29. The van der Waals surface area contributed by atoms with Gasteiger partial charge >= 0.3 is 19.4 Å². The largest absolute Gasteiger partial charge is 0.459 e. The first-order chi connectivity index (χ1) is 16.9. The van der Waals surface area contributed by atoms with Gasteiger partial charge in [-0.3, -0.25) is 13.9 Å². The van der Waals surface area contributed by atoms with E-state index in [9.17, 15) is 28.0 Å². The number of nitrogens with two attached hydrogens (primary N) is 1. The van der Waals surface area contributed by atoms with E-state index in [1.54, 1.807) is 32.2 Å². The molecule has 3 rings (SSSR count). The van der Waals surface area contributed by atoms with Crippen molar-refractivity contribution in [1.82, 2.24) is 19.5 Å². The number of alkyl halides is 2. The third-order valence-corrected chi connectivity index (χ3v) is 7.03. The second-order valence-corrected chi connectivity index (χ2v) is 9.98. The van der Waals surface area contributed by atoms with Crippen LogP contribution in [0.5, 0.6) is 5.75 Å². The molecule has 0 spiro atoms. The van der Waals surface area contributed by atoms with E-state index in [4.69, 9.17) is 19.5 Å². The van der Waals surface area contributed by atoms with Gasteiger partial charge in [-0.15, -0.1) is 0 Å². The van der Waals surface area contributed by atoms with Crippen molar-refractivity contribution >= 4 is 20.0 Å². The van der Waals surface area contributed by atoms with Crippen molar-refractivity contribution in [3.05, 3.63) is 53.1 Å². The smallest absolute Gasteiger partial charge is 0.413 e. The first kappa shape index (κ1) is 27.7. The minimum atomic E-state index is -4.18. The molecule has 15 heteroatoms. The summed E-state index contributed by atoms with van der Waals surface area (Å²) < 4.78 is 59.8. The summed E-state index contributed by atoms with van der Waals surface area (Å²) >= 11 is 0. The number of benzene rings is 1. The fourth-order valence-corrected chi connectivity index (χ4v) is 4.97. The number of hydrogen-bond donors (Lipinski definition) is 3. The number of aliphatic hydroxyl groups is 1. The number of carbonyl (C=O) groups is 1. The maximum Gasteiger partial charge on any atom is 0.459 e. The van der Waals surface area contributed by atoms with Gasteiger partial charge in [0.1, 0.15) is 17.7 Å². The van der Waals surface area contributed by atoms with Gasteiger partial charge in [-0.2, -0.15) is 13.8 Å². The summed E-state index contributed by atoms with van der Waals surface area (Å²) in [5, 5.41) is 12.9. The normalized spacial score (nSPS) is 23.5. The van der Waals surface area contributed by atoms with Gasteiger partial charge in [0.25, 0.3) is 0 Å². The van der Waals surface area contributed by atoms with Crippen molar-refractivity contribution < 1.29 is 37.0 Å². The molecular weight excluding hydrogens is 503 g/mol. The van der Waals surface area contributed by atoms with Crippen LogP contribution in [0.25, 0.3) is 0 Å². The van der Waals surface area contributed by atoms with E-state index < -0.39 is 50.4 Å². The standard InChI is InChI=1S/C21H28F2N5O7P/c1-14(8-10-27(2)13-29)26-36(32,35-15-6-4-3-5-7-15)33-12-16-18(30)21(22,23)19(34-16)28-11-9-17(24)25-20(28)31/h3-7,9,11,13-14,16,18-19,30H,8,10,12H2,1-2H3,(H,26,32)(H2,24,25,31). The van der Waals surface area contributed by atoms with E-state index in [2.05, 4.69) is 10.1 Å². The molecule has 0 aliphatic carbocycles. The number of hydrogen-bond acceptors (Lipinski definition) is 9. The average Bonchev–Trinajstić information content (AvgIpc) is 3.05. The molecule has 1 aromatic heterocycles. The summed E-state index contributed by atoms with van der Waals surface area (Å²) in [4.78, 5) is 27.6. The Morgan fingerprint density at radius 3 is 2.72 bits per heavy atom. The maximum absolute atomic E-state index is 14.8. The lowest BCUT2D eigenvalue weighted by Crippen LogP contribution is -2.42. The molecule has 1 saturated heterocycles. The fourth-order valence-electron chi connectivity index (χ4n) is 3.38. The van der Waals surface area contributed by atoms with Crippen LogP contribution in [0.15, 0.2) is 47.4 Å². The average molecular weight is 531 g/mol. The number of halogens is 2. The highest BCUT2D eigenvalue weighted by Crippen LogP contribution is 2.48. The molecule has 0 radical (unpaired) electrons. The van der Waals surface area contributed by atoms with Gasteiger partial charge in [-0.25, -0.2) is 14.4 Å². The van der Waals surface area contributed by atoms with Gasteiger partial charge in [0.2, 0.25) is 12.6 Å². The summed E-state index contributed by atoms with van der Waals surface area (Å²) in [5.41, 5.74) is 4.30. The number of aromatic nitrogens is 2. The Labute approximate surface area is 205 Å². The fraction of sp³-hybridized carbons (Fsp3) is 0.476. The van der Waals surface area contributed by atoms with Gasteiger partial charge < -0.3 is 25.0 Å². The highest BCUT2D eigenvalue weighted by molar-refractivity contribution is 7.52. The summed E-state index contributed by atoms with van der Waals surface area (Å²) in [5.74, 6) is -3.89. The monoisotopic (exact) mass is 531 g/mol. The Bertz CT molecular complexity index is 1140. The predicted molar refractivity (Wildman–Crippen MR) is 124 cm³/mol. The van der Waals surface area contributed by atoms with Gasteiger partial charge in [0.15, 0.2) is 6.10 Å². The van der Waals surface area contributed by atoms with E-state index in [-0.39, 0.29) is 11.6 Å². The number of nitrogen functional groups attached to an aromatic ring is 1. The van der Waals surface area contributed by atoms with Crippen LogP contribution in [0.2, 0.25) is 0 Å². The number of nitrogens with zero attached hydrogens (tertiary/aromatic N) is 3. The molecule has 1 amide bonds. The molecule has 1 aromatic carbocycles. The van der Waals surface area contributed by atoms with E-state index >= 15 is 0 Å². The van der Waals surface area contributed by atoms with Crippen molar-refractivity contribution in [3.63, 3.8) is 0 Å². The Hall–Kier alpha value is -2.90. The lowest BCUT2D eigenvalue weighted by Gasteiger charge is -2.25. The van der Waals surface area contributed by atoms with Crippen molar-refractivity contribution in [3.8, 4) is 5.75 Å². The molecule has 198 valence electrons. The van der Waals surface area contributed by atoms with Gasteiger partial charge in [-0.05, 0) is 31.5 Å². The number of amides is 1. The molecule has 0 saturated carbocycles. The molecule has 4 N–H and O–H groups in total. The highest BCUT2D eigenvalue weighted by atomic mass is 31.2. The Morgan fingerprint density at radius 1 is 1.39 bits per heavy atom. The zero-order chi connectivity index (χ0) is 26.5. The number of aliphatic hydroxyl groups excluding tert-OH is 1. The minimum absolute atomic E-state index is 0.170. The molecule has 2 aromatic rings. The SMILES string of the molecule is CC(CCN(C)C=O)NP(=O)(OCC1OC(n2ccc(N)nc2=O)C(F)(F)C1O)Oc1ccccc1. The van der Waals surface area contributed by atoms with E-state index in [0.717, 1.165) is 12.3 Å². The Morgan fingerprint density at radius 2 is 2.08 bits per heavy atom. The second kappa shape index (κ2) is 11.4. The van der Waals surface area contributed by atoms with Crippen molar-refractivity contribution in [2.75, 3.05) is 25.9 Å². The van der Waals surface area contributed by atoms with Crippen LogP contribution in [0, 0.1) is 0 Å². The molecule has 36 heavy (non-hydrogen) atoms. The maximum atomic E-state index is 14.8. The summed E-state index contributed by atoms with van der Waals surface area (Å²) in [6, 6.07) is 8.67. The summed E-state index contributed by atoms with van der Waals surface area (Å²) in [7, 11) is -2.61. The van der Waals surface area contributed by atoms with E-state index in [1.807, 2.05) is 0 Å². The topological polar surface area (TPSA) is 158 Å². The van der Waals surface area contributed by atoms with Crippen molar-refractivity contribution in [1.29, 1.82) is 0 Å². The van der Waals surface area contributed by atoms with Crippen LogP contribution < -0.4 is 21.0 Å². The molecule has 5 atom stereocenters. The molecule has 1 fully saturated rings. The zero-order valence-electron chi connectivity index (χ0n) is 19.6. The summed E-state index contributed by atoms with van der Waals surface area (Å²) in [6.07, 6.45) is -4.27. The van der Waals surface area contributed by atoms with Crippen LogP contribution in [0.1, 0.15) is 19.6 Å². The van der Waals surface area contributed by atoms with E-state index in [1.165, 1.54) is 17.0 Å². The minimum Gasteiger partial charge on any atom is -0.413 e. The quantitative estimate of drug-likeness (QED) is 0.270. The number of carbonyl (C=O) groups excluding carboxylic acids is 1. The number of anilines is 1. The number of para-hydroxylation sites is 1. The molecule has 1 aliphatic rings. The molecular formula is C21H28F2N5O7P. The number of rotatable bonds is 12. The van der Waals surface area contributed by atoms with Crippen LogP contribution in [0.4, 0.5) is 14.6 Å². The third kappa shape index (κ3) is 6.65. The van der Waals surface area contributed by atoms with Crippen molar-refractivity contribution in [2.24, 2.45) is 0 Å². The lowest BCUT2D eigenvalue weighted by molar-refractivity contribution is -0.140. The highest BCUT2D eigenvalue weighted by Gasteiger charge is 2.60. The lowest BCUT2D eigenvalue weighted by atomic mass is 10.1. The van der Waals surface area contributed by atoms with Crippen molar-refractivity contribution in [2.45, 2.75) is 43.7 Å². The molecule has 12 nitrogen and oxygen atoms in total. The molecule has 5 unspecified atom stereocenters. The number of ether oxygens (including phenoxy) is 1. The first-order valence-corrected chi connectivity index (χ1v) is 12.5. The van der Waals surface area contributed by atoms with Crippen LogP contribution in [0.3, 0.4) is 0 Å². The third-order valence-electron chi connectivity index (χ3n) is 5.33. The molecule has 1 aliphatic heterocycles. The van der Waals surface area contributed by atoms with Crippen LogP contribution in [-0.2, 0) is 18.6 Å². The first-order valence-electron chi connectivity index (χ1n) is 10.9. The summed E-state index contributed by atoms with van der Waals surface area (Å²) in [6.45, 7) is 1.25. The Kier molecular flexibility index (Phi) is 8.80. The Balaban J connectivity index is 1.75. The van der Waals surface area contributed by atoms with Gasteiger partial charge in [0, 0.05) is 25.8 Å². The van der Waals surface area contributed by atoms with Crippen LogP contribution in [-0.4, -0.2) is 70.3 Å². The van der Waals surface area contributed by atoms with Crippen LogP contribution >= 0.6 is 7.75 Å². The zero-order valence-corrected chi connectivity index (χ0v) is 20.5. The predicted octanol–water partition coefficient (Wildman–Crippen LogP) is 1.38. The number of nitrogens with one attached hydrogen (secondary N) is 1. The molecule has 0 bridgehead atoms. The molecule has 2 heterocycles. The van der Waals surface area contributed by atoms with Gasteiger partial charge in [-0.1, -0.05) is 18.2 Å². The van der Waals surface area contributed by atoms with Gasteiger partial charge in [0.05, 0.1) is 6.61 Å². The van der Waals surface area contributed by atoms with E-state index in [0.29, 0.717) is 23.9 Å².